The highest BCUT2D eigenvalue weighted by molar-refractivity contribution is 8.26. The molecule has 1 N–H and O–H groups in total. The van der Waals surface area contributed by atoms with Crippen LogP contribution in [0.4, 0.5) is 5.82 Å². The number of anilines is 1. The van der Waals surface area contributed by atoms with E-state index in [4.69, 9.17) is 17.0 Å². The summed E-state index contributed by atoms with van der Waals surface area (Å²) in [6, 6.07) is 15.1. The van der Waals surface area contributed by atoms with Crippen LogP contribution in [0.3, 0.4) is 0 Å². The zero-order chi connectivity index (χ0) is 24.1. The smallest absolute Gasteiger partial charge is 0.267 e. The highest BCUT2D eigenvalue weighted by atomic mass is 32.2. The van der Waals surface area contributed by atoms with Gasteiger partial charge < -0.3 is 10.1 Å². The number of nitrogens with zero attached hydrogens (tertiary/aromatic N) is 3. The molecule has 9 heteroatoms. The van der Waals surface area contributed by atoms with Crippen molar-refractivity contribution < 1.29 is 9.53 Å². The number of thiocarbonyl (C=S) groups is 1. The van der Waals surface area contributed by atoms with Gasteiger partial charge in [-0.05, 0) is 44.0 Å². The Morgan fingerprint density at radius 2 is 1.91 bits per heavy atom. The topological polar surface area (TPSA) is 75.9 Å². The van der Waals surface area contributed by atoms with Crippen LogP contribution in [0.2, 0.25) is 0 Å². The Labute approximate surface area is 207 Å². The summed E-state index contributed by atoms with van der Waals surface area (Å²) >= 11 is 6.67. The average molecular weight is 495 g/mol. The van der Waals surface area contributed by atoms with Crippen LogP contribution >= 0.6 is 24.0 Å². The number of carbonyl (C=O) groups is 1. The Hall–Kier alpha value is -3.01. The van der Waals surface area contributed by atoms with Crippen LogP contribution in [0.5, 0.6) is 0 Å². The fraction of sp³-hybridized carbons (Fsp3) is 0.280. The molecule has 0 atom stereocenters. The van der Waals surface area contributed by atoms with E-state index in [-0.39, 0.29) is 17.6 Å². The van der Waals surface area contributed by atoms with E-state index in [1.54, 1.807) is 29.3 Å². The standard InChI is InChI=1S/C25H26N4O3S2/c1-17(2)32-14-8-12-26-22-19(23(30)28-13-7-6-11-21(28)27-22)15-20-24(31)29(25(33)34-20)16-18-9-4-3-5-10-18/h3-7,9-11,13,15,17,26H,8,12,14,16H2,1-2H3. The van der Waals surface area contributed by atoms with Gasteiger partial charge in [0, 0.05) is 19.3 Å². The number of benzene rings is 1. The molecule has 0 radical (unpaired) electrons. The molecule has 0 bridgehead atoms. The van der Waals surface area contributed by atoms with Crippen molar-refractivity contribution >= 4 is 51.7 Å². The number of nitrogens with one attached hydrogen (secondary N) is 1. The molecule has 4 rings (SSSR count). The summed E-state index contributed by atoms with van der Waals surface area (Å²) in [5, 5.41) is 3.25. The number of thioether (sulfide) groups is 1. The van der Waals surface area contributed by atoms with E-state index >= 15 is 0 Å². The Morgan fingerprint density at radius 1 is 1.15 bits per heavy atom. The minimum absolute atomic E-state index is 0.164. The zero-order valence-electron chi connectivity index (χ0n) is 19.1. The van der Waals surface area contributed by atoms with E-state index in [2.05, 4.69) is 10.3 Å². The fourth-order valence-corrected chi connectivity index (χ4v) is 4.74. The predicted molar refractivity (Wildman–Crippen MR) is 141 cm³/mol. The number of carbonyl (C=O) groups excluding carboxylic acids is 1. The highest BCUT2D eigenvalue weighted by Crippen LogP contribution is 2.34. The van der Waals surface area contributed by atoms with Crippen molar-refractivity contribution in [2.45, 2.75) is 32.9 Å². The molecular formula is C25H26N4O3S2. The molecule has 3 aromatic rings. The first-order valence-electron chi connectivity index (χ1n) is 11.1. The van der Waals surface area contributed by atoms with Gasteiger partial charge in [-0.25, -0.2) is 4.98 Å². The molecule has 1 aliphatic rings. The number of aromatic nitrogens is 2. The SMILES string of the molecule is CC(C)OCCCNc1nc2ccccn2c(=O)c1C=C1SC(=S)N(Cc2ccccc2)C1=O. The van der Waals surface area contributed by atoms with Crippen LogP contribution in [0.1, 0.15) is 31.4 Å². The average Bonchev–Trinajstić information content (AvgIpc) is 3.09. The van der Waals surface area contributed by atoms with E-state index in [0.717, 1.165) is 12.0 Å². The molecule has 1 aliphatic heterocycles. The number of rotatable bonds is 9. The molecule has 7 nitrogen and oxygen atoms in total. The van der Waals surface area contributed by atoms with Gasteiger partial charge in [0.15, 0.2) is 0 Å². The monoisotopic (exact) mass is 494 g/mol. The van der Waals surface area contributed by atoms with Gasteiger partial charge in [-0.2, -0.15) is 0 Å². The van der Waals surface area contributed by atoms with Crippen LogP contribution in [0, 0.1) is 0 Å². The molecule has 1 aromatic carbocycles. The number of pyridine rings is 1. The van der Waals surface area contributed by atoms with Gasteiger partial charge in [-0.1, -0.05) is 60.4 Å². The molecule has 0 unspecified atom stereocenters. The summed E-state index contributed by atoms with van der Waals surface area (Å²) in [7, 11) is 0. The molecule has 0 aliphatic carbocycles. The molecule has 0 saturated carbocycles. The molecule has 2 aromatic heterocycles. The van der Waals surface area contributed by atoms with Crippen molar-refractivity contribution in [2.24, 2.45) is 0 Å². The molecule has 1 fully saturated rings. The second-order valence-electron chi connectivity index (χ2n) is 8.06. The van der Waals surface area contributed by atoms with Crippen LogP contribution in [-0.4, -0.2) is 43.8 Å². The molecule has 0 spiro atoms. The predicted octanol–water partition coefficient (Wildman–Crippen LogP) is 4.32. The van der Waals surface area contributed by atoms with Gasteiger partial charge in [-0.3, -0.25) is 18.9 Å². The third-order valence-corrected chi connectivity index (χ3v) is 6.54. The number of ether oxygens (including phenoxy) is 1. The van der Waals surface area contributed by atoms with E-state index in [1.165, 1.54) is 16.2 Å². The number of fused-ring (bicyclic) bond motifs is 1. The van der Waals surface area contributed by atoms with Crippen LogP contribution in [0.25, 0.3) is 11.7 Å². The maximum absolute atomic E-state index is 13.3. The van der Waals surface area contributed by atoms with E-state index < -0.39 is 0 Å². The minimum Gasteiger partial charge on any atom is -0.379 e. The summed E-state index contributed by atoms with van der Waals surface area (Å²) in [5.41, 5.74) is 1.59. The molecule has 1 amide bonds. The lowest BCUT2D eigenvalue weighted by Gasteiger charge is -2.14. The van der Waals surface area contributed by atoms with Crippen LogP contribution in [-0.2, 0) is 16.1 Å². The second-order valence-corrected chi connectivity index (χ2v) is 9.74. The first-order valence-corrected chi connectivity index (χ1v) is 12.3. The van der Waals surface area contributed by atoms with E-state index in [0.29, 0.717) is 46.0 Å². The van der Waals surface area contributed by atoms with Gasteiger partial charge in [0.05, 0.1) is 23.1 Å². The van der Waals surface area contributed by atoms with Crippen LogP contribution < -0.4 is 10.9 Å². The summed E-state index contributed by atoms with van der Waals surface area (Å²) in [6.07, 6.45) is 4.19. The maximum atomic E-state index is 13.3. The van der Waals surface area contributed by atoms with Crippen molar-refractivity contribution in [2.75, 3.05) is 18.5 Å². The summed E-state index contributed by atoms with van der Waals surface area (Å²) in [6.45, 7) is 5.55. The molecule has 176 valence electrons. The first kappa shape index (κ1) is 24.1. The zero-order valence-corrected chi connectivity index (χ0v) is 20.7. The normalized spacial score (nSPS) is 15.1. The minimum atomic E-state index is -0.250. The fourth-order valence-electron chi connectivity index (χ4n) is 3.50. The quantitative estimate of drug-likeness (QED) is 0.270. The number of amides is 1. The largest absolute Gasteiger partial charge is 0.379 e. The molecule has 1 saturated heterocycles. The molecular weight excluding hydrogens is 468 g/mol. The van der Waals surface area contributed by atoms with Crippen LogP contribution in [0.15, 0.2) is 64.4 Å². The van der Waals surface area contributed by atoms with Crippen molar-refractivity contribution in [1.29, 1.82) is 0 Å². The number of hydrogen-bond donors (Lipinski definition) is 1. The maximum Gasteiger partial charge on any atom is 0.267 e. The Bertz CT molecular complexity index is 1290. The Balaban J connectivity index is 1.63. The van der Waals surface area contributed by atoms with E-state index in [9.17, 15) is 9.59 Å². The number of hydrogen-bond acceptors (Lipinski definition) is 7. The lowest BCUT2D eigenvalue weighted by molar-refractivity contribution is -0.122. The van der Waals surface area contributed by atoms with Gasteiger partial charge in [0.25, 0.3) is 11.5 Å². The highest BCUT2D eigenvalue weighted by Gasteiger charge is 2.32. The molecule has 3 heterocycles. The lowest BCUT2D eigenvalue weighted by Crippen LogP contribution is -2.27. The van der Waals surface area contributed by atoms with Crippen molar-refractivity contribution in [3.05, 3.63) is 81.1 Å². The van der Waals surface area contributed by atoms with Gasteiger partial charge in [-0.15, -0.1) is 0 Å². The lowest BCUT2D eigenvalue weighted by atomic mass is 10.2. The van der Waals surface area contributed by atoms with Crippen molar-refractivity contribution in [3.63, 3.8) is 0 Å². The molecule has 34 heavy (non-hydrogen) atoms. The third kappa shape index (κ3) is 5.55. The van der Waals surface area contributed by atoms with Crippen molar-refractivity contribution in [3.8, 4) is 0 Å². The summed E-state index contributed by atoms with van der Waals surface area (Å²) < 4.78 is 7.53. The summed E-state index contributed by atoms with van der Waals surface area (Å²) in [5.74, 6) is 0.224. The summed E-state index contributed by atoms with van der Waals surface area (Å²) in [4.78, 5) is 33.1. The van der Waals surface area contributed by atoms with Gasteiger partial charge in [0.2, 0.25) is 0 Å². The van der Waals surface area contributed by atoms with Crippen molar-refractivity contribution in [1.82, 2.24) is 14.3 Å². The van der Waals surface area contributed by atoms with E-state index in [1.807, 2.05) is 50.2 Å². The first-order chi connectivity index (χ1) is 16.4. The Kier molecular flexibility index (Phi) is 7.77. The third-order valence-electron chi connectivity index (χ3n) is 5.17. The van der Waals surface area contributed by atoms with Gasteiger partial charge >= 0.3 is 0 Å². The second kappa shape index (κ2) is 10.9. The Morgan fingerprint density at radius 3 is 2.68 bits per heavy atom. The van der Waals surface area contributed by atoms with Gasteiger partial charge in [0.1, 0.15) is 15.8 Å².